The third-order valence-corrected chi connectivity index (χ3v) is 9.84. The van der Waals surface area contributed by atoms with Gasteiger partial charge >= 0.3 is 5.97 Å². The lowest BCUT2D eigenvalue weighted by Crippen LogP contribution is -2.64. The number of hydrogen-bond donors (Lipinski definition) is 2. The van der Waals surface area contributed by atoms with Gasteiger partial charge in [-0.25, -0.2) is 4.79 Å². The van der Waals surface area contributed by atoms with Crippen LogP contribution < -0.4 is 0 Å². The predicted molar refractivity (Wildman–Crippen MR) is 114 cm³/mol. The molecule has 1 heterocycles. The molecule has 166 valence electrons. The van der Waals surface area contributed by atoms with E-state index in [0.29, 0.717) is 29.2 Å². The van der Waals surface area contributed by atoms with Gasteiger partial charge in [-0.15, -0.1) is 0 Å². The largest absolute Gasteiger partial charge is 0.489 e. The fourth-order valence-corrected chi connectivity index (χ4v) is 7.76. The highest BCUT2D eigenvalue weighted by Gasteiger charge is 2.70. The van der Waals surface area contributed by atoms with Gasteiger partial charge in [-0.2, -0.15) is 0 Å². The van der Waals surface area contributed by atoms with Crippen molar-refractivity contribution in [3.05, 3.63) is 22.5 Å². The number of aliphatic hydroxyl groups excluding tert-OH is 1. The number of allylic oxidation sites excluding steroid dienone is 2. The monoisotopic (exact) mass is 416 g/mol. The number of carboxylic acids is 1. The fourth-order valence-electron chi connectivity index (χ4n) is 7.76. The van der Waals surface area contributed by atoms with Gasteiger partial charge in [-0.3, -0.25) is 4.79 Å². The number of aliphatic hydroxyl groups is 1. The minimum absolute atomic E-state index is 0.0936. The van der Waals surface area contributed by atoms with Crippen LogP contribution in [0.1, 0.15) is 80.6 Å². The van der Waals surface area contributed by atoms with Crippen molar-refractivity contribution in [2.24, 2.45) is 28.1 Å². The SMILES string of the molecule is CC1=C2O[C@@]3(C[C@]2(C)C(C)=C(C(=O)O)C1=O)[C@@H](C)CC[C@H]1C(C)(C)[C@@H](O)CC[C@@]13C. The van der Waals surface area contributed by atoms with Gasteiger partial charge in [-0.05, 0) is 69.3 Å². The summed E-state index contributed by atoms with van der Waals surface area (Å²) in [7, 11) is 0. The number of carbonyl (C=O) groups excluding carboxylic acids is 1. The van der Waals surface area contributed by atoms with Crippen LogP contribution in [0.15, 0.2) is 22.5 Å². The quantitative estimate of drug-likeness (QED) is 0.608. The number of ketones is 1. The molecule has 2 N–H and O–H groups in total. The summed E-state index contributed by atoms with van der Waals surface area (Å²) in [6.07, 6.45) is 4.01. The lowest BCUT2D eigenvalue weighted by atomic mass is 9.43. The molecule has 1 saturated heterocycles. The predicted octanol–water partition coefficient (Wildman–Crippen LogP) is 4.64. The second-order valence-corrected chi connectivity index (χ2v) is 11.4. The van der Waals surface area contributed by atoms with Crippen molar-refractivity contribution in [1.82, 2.24) is 0 Å². The van der Waals surface area contributed by atoms with Crippen molar-refractivity contribution < 1.29 is 24.5 Å². The summed E-state index contributed by atoms with van der Waals surface area (Å²) in [4.78, 5) is 24.8. The van der Waals surface area contributed by atoms with E-state index in [1.54, 1.807) is 13.8 Å². The van der Waals surface area contributed by atoms with E-state index < -0.39 is 22.8 Å². The molecule has 0 aromatic rings. The van der Waals surface area contributed by atoms with Crippen molar-refractivity contribution in [3.8, 4) is 0 Å². The summed E-state index contributed by atoms with van der Waals surface area (Å²) < 4.78 is 6.94. The molecule has 4 rings (SSSR count). The highest BCUT2D eigenvalue weighted by atomic mass is 16.5. The van der Waals surface area contributed by atoms with Gasteiger partial charge in [0.25, 0.3) is 0 Å². The van der Waals surface area contributed by atoms with E-state index in [0.717, 1.165) is 25.7 Å². The van der Waals surface area contributed by atoms with Crippen molar-refractivity contribution in [1.29, 1.82) is 0 Å². The first kappa shape index (κ1) is 21.6. The molecule has 5 nitrogen and oxygen atoms in total. The zero-order valence-corrected chi connectivity index (χ0v) is 19.4. The van der Waals surface area contributed by atoms with Crippen LogP contribution in [-0.2, 0) is 14.3 Å². The van der Waals surface area contributed by atoms with Crippen LogP contribution in [0.25, 0.3) is 0 Å². The Morgan fingerprint density at radius 2 is 1.73 bits per heavy atom. The molecule has 2 saturated carbocycles. The minimum atomic E-state index is -1.15. The Balaban J connectivity index is 1.91. The number of fused-ring (bicyclic) bond motifs is 3. The molecule has 4 aliphatic rings. The molecule has 0 aromatic heterocycles. The van der Waals surface area contributed by atoms with Gasteiger partial charge in [0.15, 0.2) is 5.78 Å². The highest BCUT2D eigenvalue weighted by molar-refractivity contribution is 6.25. The first-order chi connectivity index (χ1) is 13.7. The van der Waals surface area contributed by atoms with E-state index in [9.17, 15) is 19.8 Å². The van der Waals surface area contributed by atoms with E-state index in [-0.39, 0.29) is 28.4 Å². The fraction of sp³-hybridized carbons (Fsp3) is 0.760. The Hall–Kier alpha value is -1.62. The third kappa shape index (κ3) is 2.33. The van der Waals surface area contributed by atoms with Gasteiger partial charge in [-0.1, -0.05) is 27.7 Å². The molecule has 1 aliphatic heterocycles. The minimum Gasteiger partial charge on any atom is -0.489 e. The smallest absolute Gasteiger partial charge is 0.339 e. The molecule has 0 amide bonds. The topological polar surface area (TPSA) is 83.8 Å². The Bertz CT molecular complexity index is 895. The number of Topliss-reactive ketones (excluding diaryl/α,β-unsaturated/α-hetero) is 1. The molecule has 0 unspecified atom stereocenters. The van der Waals surface area contributed by atoms with Crippen LogP contribution in [0.5, 0.6) is 0 Å². The number of ether oxygens (including phenoxy) is 1. The summed E-state index contributed by atoms with van der Waals surface area (Å²) in [5.74, 6) is -0.320. The van der Waals surface area contributed by atoms with Crippen molar-refractivity contribution in [2.45, 2.75) is 92.3 Å². The van der Waals surface area contributed by atoms with Gasteiger partial charge < -0.3 is 14.9 Å². The molecule has 3 aliphatic carbocycles. The van der Waals surface area contributed by atoms with E-state index in [1.165, 1.54) is 0 Å². The molecule has 5 heteroatoms. The summed E-state index contributed by atoms with van der Waals surface area (Å²) in [6.45, 7) is 14.5. The summed E-state index contributed by atoms with van der Waals surface area (Å²) in [6, 6.07) is 0. The molecule has 3 fully saturated rings. The standard InChI is InChI=1S/C25H36O5/c1-13-8-9-16-22(4,5)17(26)10-11-24(16,7)25(13)12-23(6)15(3)18(21(28)29)19(27)14(2)20(23)30-25/h13,16-17,26H,8-12H2,1-7H3,(H,28,29)/t13-,16-,17-,23+,24-,25-/m0/s1. The number of carbonyl (C=O) groups is 2. The third-order valence-electron chi connectivity index (χ3n) is 9.84. The van der Waals surface area contributed by atoms with Crippen molar-refractivity contribution in [2.75, 3.05) is 0 Å². The van der Waals surface area contributed by atoms with E-state index in [2.05, 4.69) is 27.7 Å². The first-order valence-electron chi connectivity index (χ1n) is 11.3. The van der Waals surface area contributed by atoms with Gasteiger partial charge in [0.2, 0.25) is 0 Å². The zero-order valence-electron chi connectivity index (χ0n) is 19.4. The van der Waals surface area contributed by atoms with Crippen LogP contribution in [-0.4, -0.2) is 33.7 Å². The molecular formula is C25H36O5. The Morgan fingerprint density at radius 1 is 1.10 bits per heavy atom. The number of hydrogen-bond acceptors (Lipinski definition) is 4. The van der Waals surface area contributed by atoms with Crippen molar-refractivity contribution in [3.63, 3.8) is 0 Å². The van der Waals surface area contributed by atoms with Gasteiger partial charge in [0, 0.05) is 17.4 Å². The van der Waals surface area contributed by atoms with Crippen molar-refractivity contribution >= 4 is 11.8 Å². The highest BCUT2D eigenvalue weighted by Crippen LogP contribution is 2.71. The molecule has 0 radical (unpaired) electrons. The number of carboxylic acid groups (broad SMARTS) is 1. The van der Waals surface area contributed by atoms with Crippen LogP contribution in [0.4, 0.5) is 0 Å². The van der Waals surface area contributed by atoms with Crippen LogP contribution >= 0.6 is 0 Å². The maximum absolute atomic E-state index is 12.9. The van der Waals surface area contributed by atoms with Crippen LogP contribution in [0, 0.1) is 28.1 Å². The van der Waals surface area contributed by atoms with Crippen LogP contribution in [0.2, 0.25) is 0 Å². The number of aliphatic carboxylic acids is 1. The number of rotatable bonds is 1. The zero-order chi connectivity index (χ0) is 22.4. The van der Waals surface area contributed by atoms with E-state index >= 15 is 0 Å². The van der Waals surface area contributed by atoms with Gasteiger partial charge in [0.05, 0.1) is 11.5 Å². The maximum atomic E-state index is 12.9. The first-order valence-corrected chi connectivity index (χ1v) is 11.3. The Labute approximate surface area is 179 Å². The summed E-state index contributed by atoms with van der Waals surface area (Å²) >= 11 is 0. The lowest BCUT2D eigenvalue weighted by molar-refractivity contribution is -0.225. The van der Waals surface area contributed by atoms with Gasteiger partial charge in [0.1, 0.15) is 16.9 Å². The van der Waals surface area contributed by atoms with E-state index in [1.807, 2.05) is 6.92 Å². The molecule has 0 aromatic carbocycles. The normalized spacial score (nSPS) is 45.3. The average molecular weight is 417 g/mol. The second-order valence-electron chi connectivity index (χ2n) is 11.4. The average Bonchev–Trinajstić information content (AvgIpc) is 2.98. The molecule has 0 bridgehead atoms. The molecule has 30 heavy (non-hydrogen) atoms. The summed E-state index contributed by atoms with van der Waals surface area (Å²) in [5.41, 5.74) is -0.485. The molecular weight excluding hydrogens is 380 g/mol. The Kier molecular flexibility index (Phi) is 4.47. The Morgan fingerprint density at radius 3 is 2.33 bits per heavy atom. The van der Waals surface area contributed by atoms with Crippen LogP contribution in [0.3, 0.4) is 0 Å². The maximum Gasteiger partial charge on any atom is 0.339 e. The lowest BCUT2D eigenvalue weighted by Gasteiger charge is -2.64. The second kappa shape index (κ2) is 6.21. The molecule has 1 spiro atoms. The summed E-state index contributed by atoms with van der Waals surface area (Å²) in [5, 5.41) is 20.5. The van der Waals surface area contributed by atoms with E-state index in [4.69, 9.17) is 4.74 Å². The molecule has 6 atom stereocenters.